The van der Waals surface area contributed by atoms with Crippen LogP contribution in [0.25, 0.3) is 0 Å². The van der Waals surface area contributed by atoms with E-state index in [1.54, 1.807) is 12.1 Å². The maximum Gasteiger partial charge on any atom is 0.314 e. The average molecular weight is 351 g/mol. The van der Waals surface area contributed by atoms with Gasteiger partial charge in [0.05, 0.1) is 33.7 Å². The van der Waals surface area contributed by atoms with Crippen LogP contribution in [0.4, 0.5) is 0 Å². The molecule has 0 spiro atoms. The minimum absolute atomic E-state index is 0.156. The number of imide groups is 1. The predicted molar refractivity (Wildman–Crippen MR) is 86.8 cm³/mol. The zero-order valence-electron chi connectivity index (χ0n) is 14.6. The molecule has 1 fully saturated rings. The number of amides is 2. The van der Waals surface area contributed by atoms with Gasteiger partial charge in [0.2, 0.25) is 11.7 Å². The largest absolute Gasteiger partial charge is 0.493 e. The Labute approximate surface area is 145 Å². The fourth-order valence-corrected chi connectivity index (χ4v) is 2.69. The van der Waals surface area contributed by atoms with Crippen molar-refractivity contribution in [3.63, 3.8) is 0 Å². The van der Waals surface area contributed by atoms with Crippen LogP contribution in [0.15, 0.2) is 12.1 Å². The molecule has 8 heteroatoms. The monoisotopic (exact) mass is 351 g/mol. The second-order valence-corrected chi connectivity index (χ2v) is 5.46. The van der Waals surface area contributed by atoms with E-state index in [1.165, 1.54) is 21.3 Å². The zero-order valence-corrected chi connectivity index (χ0v) is 14.6. The highest BCUT2D eigenvalue weighted by atomic mass is 16.6. The van der Waals surface area contributed by atoms with Crippen LogP contribution < -0.4 is 19.5 Å². The number of carbonyl (C=O) groups excluding carboxylic acids is 3. The molecule has 2 amide bonds. The SMILES string of the molecule is CCC(C(=O)OC1CC(=O)NC1=O)c1cc(OC)c(OC)c(OC)c1. The van der Waals surface area contributed by atoms with Gasteiger partial charge in [-0.3, -0.25) is 19.7 Å². The summed E-state index contributed by atoms with van der Waals surface area (Å²) in [6.45, 7) is 1.81. The first-order valence-corrected chi connectivity index (χ1v) is 7.79. The second-order valence-electron chi connectivity index (χ2n) is 5.46. The first-order chi connectivity index (χ1) is 11.9. The molecule has 0 radical (unpaired) electrons. The van der Waals surface area contributed by atoms with Crippen molar-refractivity contribution in [1.82, 2.24) is 5.32 Å². The molecule has 25 heavy (non-hydrogen) atoms. The molecule has 1 heterocycles. The van der Waals surface area contributed by atoms with Gasteiger partial charge >= 0.3 is 5.97 Å². The molecule has 0 saturated carbocycles. The van der Waals surface area contributed by atoms with Crippen LogP contribution in [0.3, 0.4) is 0 Å². The summed E-state index contributed by atoms with van der Waals surface area (Å²) in [5, 5.41) is 2.11. The number of hydrogen-bond donors (Lipinski definition) is 1. The molecule has 1 aliphatic heterocycles. The van der Waals surface area contributed by atoms with Gasteiger partial charge in [0, 0.05) is 0 Å². The third-order valence-corrected chi connectivity index (χ3v) is 3.97. The van der Waals surface area contributed by atoms with Crippen molar-refractivity contribution in [2.75, 3.05) is 21.3 Å². The molecule has 2 rings (SSSR count). The number of rotatable bonds is 7. The van der Waals surface area contributed by atoms with E-state index in [2.05, 4.69) is 5.32 Å². The zero-order chi connectivity index (χ0) is 18.6. The van der Waals surface area contributed by atoms with Gasteiger partial charge in [-0.1, -0.05) is 6.92 Å². The molecule has 1 aromatic carbocycles. The summed E-state index contributed by atoms with van der Waals surface area (Å²) >= 11 is 0. The lowest BCUT2D eigenvalue weighted by atomic mass is 9.95. The van der Waals surface area contributed by atoms with Crippen molar-refractivity contribution in [1.29, 1.82) is 0 Å². The highest BCUT2D eigenvalue weighted by Gasteiger charge is 2.36. The van der Waals surface area contributed by atoms with E-state index in [-0.39, 0.29) is 6.42 Å². The van der Waals surface area contributed by atoms with E-state index in [0.29, 0.717) is 29.2 Å². The molecule has 0 aromatic heterocycles. The van der Waals surface area contributed by atoms with E-state index in [0.717, 1.165) is 0 Å². The quantitative estimate of drug-likeness (QED) is 0.581. The molecule has 8 nitrogen and oxygen atoms in total. The van der Waals surface area contributed by atoms with Crippen molar-refractivity contribution in [3.8, 4) is 17.2 Å². The number of benzene rings is 1. The van der Waals surface area contributed by atoms with Crippen LogP contribution in [0, 0.1) is 0 Å². The first kappa shape index (κ1) is 18.6. The molecule has 2 atom stereocenters. The third-order valence-electron chi connectivity index (χ3n) is 3.97. The molecule has 0 bridgehead atoms. The van der Waals surface area contributed by atoms with Crippen molar-refractivity contribution < 1.29 is 33.3 Å². The number of methoxy groups -OCH3 is 3. The Hall–Kier alpha value is -2.77. The summed E-state index contributed by atoms with van der Waals surface area (Å²) in [6, 6.07) is 3.33. The van der Waals surface area contributed by atoms with Gasteiger partial charge in [0.15, 0.2) is 17.6 Å². The Morgan fingerprint density at radius 3 is 2.16 bits per heavy atom. The van der Waals surface area contributed by atoms with Gasteiger partial charge in [0.25, 0.3) is 5.91 Å². The second kappa shape index (κ2) is 7.87. The van der Waals surface area contributed by atoms with Crippen LogP contribution in [0.5, 0.6) is 17.2 Å². The molecule has 2 unspecified atom stereocenters. The molecule has 0 aliphatic carbocycles. The normalized spacial score (nSPS) is 17.7. The van der Waals surface area contributed by atoms with Crippen molar-refractivity contribution in [2.24, 2.45) is 0 Å². The summed E-state index contributed by atoms with van der Waals surface area (Å²) in [6.07, 6.45) is -0.813. The standard InChI is InChI=1S/C17H21NO7/c1-5-10(17(21)25-13-8-14(19)18-16(13)20)9-6-11(22-2)15(24-4)12(7-9)23-3/h6-7,10,13H,5,8H2,1-4H3,(H,18,19,20). The lowest BCUT2D eigenvalue weighted by Crippen LogP contribution is -2.30. The van der Waals surface area contributed by atoms with Crippen LogP contribution in [-0.4, -0.2) is 45.2 Å². The van der Waals surface area contributed by atoms with Crippen LogP contribution in [-0.2, 0) is 19.1 Å². The van der Waals surface area contributed by atoms with Gasteiger partial charge in [-0.05, 0) is 24.1 Å². The Balaban J connectivity index is 2.29. The summed E-state index contributed by atoms with van der Waals surface area (Å²) in [5.74, 6) is -1.04. The highest BCUT2D eigenvalue weighted by Crippen LogP contribution is 2.40. The summed E-state index contributed by atoms with van der Waals surface area (Å²) in [7, 11) is 4.45. The third kappa shape index (κ3) is 3.84. The van der Waals surface area contributed by atoms with Gasteiger partial charge in [-0.2, -0.15) is 0 Å². The van der Waals surface area contributed by atoms with Crippen LogP contribution >= 0.6 is 0 Å². The van der Waals surface area contributed by atoms with Gasteiger partial charge in [-0.25, -0.2) is 0 Å². The Bertz CT molecular complexity index is 661. The van der Waals surface area contributed by atoms with Crippen LogP contribution in [0.1, 0.15) is 31.2 Å². The molecule has 1 aromatic rings. The van der Waals surface area contributed by atoms with Gasteiger partial charge in [-0.15, -0.1) is 0 Å². The fourth-order valence-electron chi connectivity index (χ4n) is 2.69. The predicted octanol–water partition coefficient (Wildman–Crippen LogP) is 1.16. The minimum Gasteiger partial charge on any atom is -0.493 e. The number of carbonyl (C=O) groups is 3. The minimum atomic E-state index is -1.09. The Morgan fingerprint density at radius 2 is 1.76 bits per heavy atom. The maximum absolute atomic E-state index is 12.5. The number of esters is 1. The molecule has 1 saturated heterocycles. The average Bonchev–Trinajstić information content (AvgIpc) is 2.91. The molecule has 1 aliphatic rings. The summed E-state index contributed by atoms with van der Waals surface area (Å²) in [4.78, 5) is 35.3. The number of hydrogen-bond acceptors (Lipinski definition) is 7. The lowest BCUT2D eigenvalue weighted by Gasteiger charge is -2.19. The van der Waals surface area contributed by atoms with E-state index < -0.39 is 29.8 Å². The fraction of sp³-hybridized carbons (Fsp3) is 0.471. The van der Waals surface area contributed by atoms with Crippen molar-refractivity contribution >= 4 is 17.8 Å². The van der Waals surface area contributed by atoms with Gasteiger partial charge < -0.3 is 18.9 Å². The molecule has 1 N–H and O–H groups in total. The molecular weight excluding hydrogens is 330 g/mol. The Morgan fingerprint density at radius 1 is 1.16 bits per heavy atom. The van der Waals surface area contributed by atoms with Crippen molar-refractivity contribution in [3.05, 3.63) is 17.7 Å². The smallest absolute Gasteiger partial charge is 0.314 e. The number of ether oxygens (including phenoxy) is 4. The topological polar surface area (TPSA) is 100 Å². The van der Waals surface area contributed by atoms with E-state index in [1.807, 2.05) is 6.92 Å². The molecular formula is C17H21NO7. The summed E-state index contributed by atoms with van der Waals surface area (Å²) in [5.41, 5.74) is 0.603. The van der Waals surface area contributed by atoms with E-state index in [9.17, 15) is 14.4 Å². The highest BCUT2D eigenvalue weighted by molar-refractivity contribution is 6.05. The van der Waals surface area contributed by atoms with E-state index in [4.69, 9.17) is 18.9 Å². The van der Waals surface area contributed by atoms with Crippen LogP contribution in [0.2, 0.25) is 0 Å². The van der Waals surface area contributed by atoms with Crippen molar-refractivity contribution in [2.45, 2.75) is 31.8 Å². The number of nitrogens with one attached hydrogen (secondary N) is 1. The first-order valence-electron chi connectivity index (χ1n) is 7.79. The Kier molecular flexibility index (Phi) is 5.84. The lowest BCUT2D eigenvalue weighted by molar-refractivity contribution is -0.155. The maximum atomic E-state index is 12.5. The van der Waals surface area contributed by atoms with E-state index >= 15 is 0 Å². The molecule has 136 valence electrons. The summed E-state index contributed by atoms with van der Waals surface area (Å²) < 4.78 is 21.1. The van der Waals surface area contributed by atoms with Gasteiger partial charge in [0.1, 0.15) is 0 Å².